The molecule has 3 aliphatic rings. The summed E-state index contributed by atoms with van der Waals surface area (Å²) in [6.45, 7) is -0.339. The van der Waals surface area contributed by atoms with Gasteiger partial charge in [0.1, 0.15) is 12.1 Å². The van der Waals surface area contributed by atoms with E-state index in [-0.39, 0.29) is 11.8 Å². The molecule has 1 spiro atoms. The number of halogens is 1. The van der Waals surface area contributed by atoms with Crippen LogP contribution in [-0.4, -0.2) is 36.1 Å². The fourth-order valence-electron chi connectivity index (χ4n) is 4.46. The minimum absolute atomic E-state index is 0.0784. The number of nitrogens with zero attached hydrogens (tertiary/aromatic N) is 1. The number of carbonyl (C=O) groups excluding carboxylic acids is 3. The van der Waals surface area contributed by atoms with Gasteiger partial charge in [-0.3, -0.25) is 14.5 Å². The van der Waals surface area contributed by atoms with Gasteiger partial charge < -0.3 is 20.1 Å². The second-order valence-corrected chi connectivity index (χ2v) is 8.23. The van der Waals surface area contributed by atoms with Crippen molar-refractivity contribution in [3.05, 3.63) is 52.5 Å². The molecule has 1 fully saturated rings. The molecule has 1 aliphatic carbocycles. The average molecular weight is 442 g/mol. The number of ether oxygens (including phenoxy) is 2. The zero-order valence-electron chi connectivity index (χ0n) is 16.6. The lowest BCUT2D eigenvalue weighted by atomic mass is 9.84. The number of anilines is 1. The van der Waals surface area contributed by atoms with Gasteiger partial charge in [-0.25, -0.2) is 4.79 Å². The molecule has 2 heterocycles. The fraction of sp³-hybridized carbons (Fsp3) is 0.318. The average Bonchev–Trinajstić information content (AvgIpc) is 3.22. The van der Waals surface area contributed by atoms with E-state index in [2.05, 4.69) is 10.6 Å². The van der Waals surface area contributed by atoms with Crippen molar-refractivity contribution < 1.29 is 23.9 Å². The van der Waals surface area contributed by atoms with Crippen molar-refractivity contribution in [2.75, 3.05) is 18.7 Å². The van der Waals surface area contributed by atoms with Gasteiger partial charge in [-0.05, 0) is 36.8 Å². The van der Waals surface area contributed by atoms with E-state index in [0.717, 1.165) is 35.3 Å². The molecule has 5 rings (SSSR count). The van der Waals surface area contributed by atoms with Crippen molar-refractivity contribution in [3.63, 3.8) is 0 Å². The summed E-state index contributed by atoms with van der Waals surface area (Å²) in [5.74, 6) is 0.0109. The maximum atomic E-state index is 13.4. The van der Waals surface area contributed by atoms with E-state index >= 15 is 0 Å². The molecule has 1 atom stereocenters. The Labute approximate surface area is 183 Å². The summed E-state index contributed by atoms with van der Waals surface area (Å²) < 4.78 is 10.6. The third-order valence-electron chi connectivity index (χ3n) is 5.94. The lowest BCUT2D eigenvalue weighted by Crippen LogP contribution is -2.44. The molecule has 0 aromatic heterocycles. The first-order chi connectivity index (χ1) is 15.0. The maximum Gasteiger partial charge on any atom is 0.325 e. The van der Waals surface area contributed by atoms with E-state index in [4.69, 9.17) is 21.1 Å². The molecule has 0 bridgehead atoms. The molecule has 2 aliphatic heterocycles. The van der Waals surface area contributed by atoms with Crippen molar-refractivity contribution in [2.45, 2.75) is 31.2 Å². The van der Waals surface area contributed by atoms with E-state index in [1.54, 1.807) is 12.1 Å². The summed E-state index contributed by atoms with van der Waals surface area (Å²) in [4.78, 5) is 39.8. The standard InChI is InChI=1S/C22H20ClN3O5/c23-15-9-17-18(31-12-30-17)10-16(15)24-19(27)11-26-20(28)22(25-21(26)29)8-4-3-6-13-5-1-2-7-14(13)22/h1-2,5,7,9-10H,3-4,6,8,11-12H2,(H,24,27)(H,25,29)/t22-/m1/s1. The molecule has 0 radical (unpaired) electrons. The molecular formula is C22H20ClN3O5. The molecule has 0 saturated carbocycles. The zero-order chi connectivity index (χ0) is 21.6. The topological polar surface area (TPSA) is 97.0 Å². The second kappa shape index (κ2) is 7.46. The van der Waals surface area contributed by atoms with E-state index in [1.165, 1.54) is 0 Å². The van der Waals surface area contributed by atoms with Crippen LogP contribution in [0.4, 0.5) is 10.5 Å². The highest BCUT2D eigenvalue weighted by Gasteiger charge is 2.53. The summed E-state index contributed by atoms with van der Waals surface area (Å²) in [5.41, 5.74) is 1.05. The van der Waals surface area contributed by atoms with Crippen molar-refractivity contribution >= 4 is 35.1 Å². The Morgan fingerprint density at radius 3 is 2.77 bits per heavy atom. The molecule has 31 heavy (non-hydrogen) atoms. The van der Waals surface area contributed by atoms with Gasteiger partial charge in [-0.1, -0.05) is 35.9 Å². The van der Waals surface area contributed by atoms with Crippen LogP contribution in [0.2, 0.25) is 5.02 Å². The Morgan fingerprint density at radius 1 is 1.16 bits per heavy atom. The van der Waals surface area contributed by atoms with Crippen molar-refractivity contribution in [2.24, 2.45) is 0 Å². The number of amides is 4. The predicted molar refractivity (Wildman–Crippen MR) is 112 cm³/mol. The normalized spacial score (nSPS) is 21.6. The fourth-order valence-corrected chi connectivity index (χ4v) is 4.66. The Kier molecular flexibility index (Phi) is 4.74. The number of rotatable bonds is 3. The van der Waals surface area contributed by atoms with E-state index in [0.29, 0.717) is 23.6 Å². The molecule has 4 amide bonds. The Bertz CT molecular complexity index is 1100. The number of benzene rings is 2. The number of carbonyl (C=O) groups is 3. The van der Waals surface area contributed by atoms with Gasteiger partial charge in [0.2, 0.25) is 12.7 Å². The lowest BCUT2D eigenvalue weighted by Gasteiger charge is -2.27. The number of fused-ring (bicyclic) bond motifs is 3. The maximum absolute atomic E-state index is 13.4. The Hall–Kier alpha value is -3.26. The van der Waals surface area contributed by atoms with Gasteiger partial charge in [0.15, 0.2) is 11.5 Å². The van der Waals surface area contributed by atoms with Gasteiger partial charge in [0.05, 0.1) is 10.7 Å². The van der Waals surface area contributed by atoms with Crippen LogP contribution in [0.3, 0.4) is 0 Å². The van der Waals surface area contributed by atoms with Crippen molar-refractivity contribution in [3.8, 4) is 11.5 Å². The molecule has 8 nitrogen and oxygen atoms in total. The summed E-state index contributed by atoms with van der Waals surface area (Å²) in [5, 5.41) is 5.79. The van der Waals surface area contributed by atoms with Crippen LogP contribution in [0, 0.1) is 0 Å². The number of urea groups is 1. The van der Waals surface area contributed by atoms with Crippen LogP contribution in [0.1, 0.15) is 30.4 Å². The summed E-state index contributed by atoms with van der Waals surface area (Å²) in [6, 6.07) is 10.2. The minimum Gasteiger partial charge on any atom is -0.454 e. The van der Waals surface area contributed by atoms with Gasteiger partial charge in [-0.15, -0.1) is 0 Å². The Balaban J connectivity index is 1.37. The summed E-state index contributed by atoms with van der Waals surface area (Å²) in [7, 11) is 0. The number of hydrogen-bond donors (Lipinski definition) is 2. The van der Waals surface area contributed by atoms with Crippen LogP contribution in [0.15, 0.2) is 36.4 Å². The van der Waals surface area contributed by atoms with Gasteiger partial charge in [0.25, 0.3) is 5.91 Å². The highest BCUT2D eigenvalue weighted by atomic mass is 35.5. The molecule has 9 heteroatoms. The lowest BCUT2D eigenvalue weighted by molar-refractivity contribution is -0.134. The smallest absolute Gasteiger partial charge is 0.325 e. The van der Waals surface area contributed by atoms with Crippen LogP contribution in [0.5, 0.6) is 11.5 Å². The molecule has 1 saturated heterocycles. The van der Waals surface area contributed by atoms with E-state index < -0.39 is 29.9 Å². The minimum atomic E-state index is -1.12. The zero-order valence-corrected chi connectivity index (χ0v) is 17.3. The van der Waals surface area contributed by atoms with Gasteiger partial charge >= 0.3 is 6.03 Å². The number of aryl methyl sites for hydroxylation is 1. The van der Waals surface area contributed by atoms with Crippen LogP contribution in [0.25, 0.3) is 0 Å². The molecule has 2 aromatic carbocycles. The molecule has 0 unspecified atom stereocenters. The van der Waals surface area contributed by atoms with Crippen LogP contribution >= 0.6 is 11.6 Å². The third-order valence-corrected chi connectivity index (χ3v) is 6.25. The van der Waals surface area contributed by atoms with Crippen molar-refractivity contribution in [1.82, 2.24) is 10.2 Å². The molecule has 2 N–H and O–H groups in total. The van der Waals surface area contributed by atoms with E-state index in [1.807, 2.05) is 24.3 Å². The first kappa shape index (κ1) is 19.7. The van der Waals surface area contributed by atoms with Crippen LogP contribution < -0.4 is 20.1 Å². The van der Waals surface area contributed by atoms with Crippen molar-refractivity contribution in [1.29, 1.82) is 0 Å². The number of imide groups is 1. The highest BCUT2D eigenvalue weighted by Crippen LogP contribution is 2.40. The van der Waals surface area contributed by atoms with Gasteiger partial charge in [-0.2, -0.15) is 0 Å². The number of hydrogen-bond acceptors (Lipinski definition) is 5. The first-order valence-electron chi connectivity index (χ1n) is 10.1. The largest absolute Gasteiger partial charge is 0.454 e. The predicted octanol–water partition coefficient (Wildman–Crippen LogP) is 3.18. The molecule has 160 valence electrons. The molecular weight excluding hydrogens is 422 g/mol. The number of nitrogens with one attached hydrogen (secondary N) is 2. The second-order valence-electron chi connectivity index (χ2n) is 7.82. The highest BCUT2D eigenvalue weighted by molar-refractivity contribution is 6.34. The third kappa shape index (κ3) is 3.27. The SMILES string of the molecule is O=C(CN1C(=O)N[C@@]2(CCCCc3ccccc32)C1=O)Nc1cc2c(cc1Cl)OCO2. The van der Waals surface area contributed by atoms with E-state index in [9.17, 15) is 14.4 Å². The monoisotopic (exact) mass is 441 g/mol. The summed E-state index contributed by atoms with van der Waals surface area (Å²) >= 11 is 6.21. The first-order valence-corrected chi connectivity index (χ1v) is 10.5. The quantitative estimate of drug-likeness (QED) is 0.713. The summed E-state index contributed by atoms with van der Waals surface area (Å²) in [6.07, 6.45) is 3.09. The Morgan fingerprint density at radius 2 is 1.94 bits per heavy atom. The van der Waals surface area contributed by atoms with Gasteiger partial charge in [0, 0.05) is 12.1 Å². The molecule has 2 aromatic rings. The van der Waals surface area contributed by atoms with Crippen LogP contribution in [-0.2, 0) is 21.5 Å².